The van der Waals surface area contributed by atoms with Crippen molar-refractivity contribution in [3.8, 4) is 0 Å². The second-order valence-electron chi connectivity index (χ2n) is 5.32. The zero-order chi connectivity index (χ0) is 15.7. The Morgan fingerprint density at radius 2 is 1.09 bits per heavy atom. The van der Waals surface area contributed by atoms with Crippen LogP contribution >= 0.6 is 23.2 Å². The fourth-order valence-electron chi connectivity index (χ4n) is 2.65. The molecule has 2 aromatic heterocycles. The molecule has 3 heterocycles. The molecule has 6 nitrogen and oxygen atoms in total. The molecule has 3 rings (SSSR count). The Kier molecular flexibility index (Phi) is 4.31. The molecule has 1 aliphatic rings. The molecule has 1 saturated heterocycles. The van der Waals surface area contributed by atoms with Crippen LogP contribution in [0.5, 0.6) is 0 Å². The van der Waals surface area contributed by atoms with E-state index < -0.39 is 0 Å². The first-order valence-corrected chi connectivity index (χ1v) is 7.80. The van der Waals surface area contributed by atoms with Crippen molar-refractivity contribution in [2.24, 2.45) is 0 Å². The van der Waals surface area contributed by atoms with Crippen LogP contribution in [0.1, 0.15) is 11.1 Å². The lowest BCUT2D eigenvalue weighted by molar-refractivity contribution is 0.631. The van der Waals surface area contributed by atoms with Crippen molar-refractivity contribution < 1.29 is 0 Å². The molecule has 1 fully saturated rings. The average Bonchev–Trinajstić information content (AvgIpc) is 2.48. The highest BCUT2D eigenvalue weighted by atomic mass is 35.5. The molecule has 0 bridgehead atoms. The van der Waals surface area contributed by atoms with E-state index in [1.807, 2.05) is 26.0 Å². The second-order valence-corrected chi connectivity index (χ2v) is 6.10. The summed E-state index contributed by atoms with van der Waals surface area (Å²) in [5.41, 5.74) is 2.08. The molecule has 0 unspecified atom stereocenters. The summed E-state index contributed by atoms with van der Waals surface area (Å²) in [5.74, 6) is 1.78. The summed E-state index contributed by atoms with van der Waals surface area (Å²) in [6, 6.07) is 3.68. The van der Waals surface area contributed by atoms with Crippen molar-refractivity contribution in [3.63, 3.8) is 0 Å². The number of rotatable bonds is 2. The lowest BCUT2D eigenvalue weighted by atomic mass is 10.2. The number of anilines is 2. The van der Waals surface area contributed by atoms with Crippen LogP contribution in [-0.4, -0.2) is 46.6 Å². The van der Waals surface area contributed by atoms with Crippen LogP contribution in [-0.2, 0) is 0 Å². The largest absolute Gasteiger partial charge is 0.351 e. The van der Waals surface area contributed by atoms with Crippen LogP contribution in [0.2, 0.25) is 10.3 Å². The SMILES string of the molecule is Cc1cc(Cl)nnc1N1CCN(c2nnc(Cl)cc2C)CC1. The minimum atomic E-state index is 0.423. The molecule has 2 aromatic rings. The van der Waals surface area contributed by atoms with E-state index in [0.717, 1.165) is 48.9 Å². The van der Waals surface area contributed by atoms with Crippen LogP contribution in [0.3, 0.4) is 0 Å². The molecular weight excluding hydrogens is 323 g/mol. The van der Waals surface area contributed by atoms with Crippen molar-refractivity contribution in [1.29, 1.82) is 0 Å². The van der Waals surface area contributed by atoms with Crippen LogP contribution in [0.4, 0.5) is 11.6 Å². The lowest BCUT2D eigenvalue weighted by Crippen LogP contribution is -2.47. The maximum absolute atomic E-state index is 5.86. The van der Waals surface area contributed by atoms with Gasteiger partial charge in [-0.05, 0) is 37.1 Å². The second kappa shape index (κ2) is 6.22. The highest BCUT2D eigenvalue weighted by Crippen LogP contribution is 2.23. The fraction of sp³-hybridized carbons (Fsp3) is 0.429. The first kappa shape index (κ1) is 15.2. The van der Waals surface area contributed by atoms with Gasteiger partial charge in [-0.25, -0.2) is 0 Å². The molecule has 0 aliphatic carbocycles. The van der Waals surface area contributed by atoms with Gasteiger partial charge in [0.1, 0.15) is 0 Å². The van der Waals surface area contributed by atoms with Gasteiger partial charge in [0.05, 0.1) is 0 Å². The first-order valence-electron chi connectivity index (χ1n) is 7.04. The maximum atomic E-state index is 5.86. The molecule has 0 spiro atoms. The number of hydrogen-bond donors (Lipinski definition) is 0. The quantitative estimate of drug-likeness (QED) is 0.838. The Labute approximate surface area is 139 Å². The number of piperazine rings is 1. The summed E-state index contributed by atoms with van der Waals surface area (Å²) < 4.78 is 0. The molecule has 0 atom stereocenters. The summed E-state index contributed by atoms with van der Waals surface area (Å²) in [6.07, 6.45) is 0. The van der Waals surface area contributed by atoms with Gasteiger partial charge < -0.3 is 9.80 Å². The van der Waals surface area contributed by atoms with Crippen LogP contribution in [0.15, 0.2) is 12.1 Å². The molecule has 116 valence electrons. The number of halogens is 2. The van der Waals surface area contributed by atoms with E-state index in [-0.39, 0.29) is 0 Å². The monoisotopic (exact) mass is 338 g/mol. The third-order valence-electron chi connectivity index (χ3n) is 3.74. The normalized spacial score (nSPS) is 15.3. The van der Waals surface area contributed by atoms with Gasteiger partial charge >= 0.3 is 0 Å². The van der Waals surface area contributed by atoms with Crippen LogP contribution in [0.25, 0.3) is 0 Å². The molecule has 0 radical (unpaired) electrons. The van der Waals surface area contributed by atoms with Crippen molar-refractivity contribution in [2.45, 2.75) is 13.8 Å². The molecule has 8 heteroatoms. The molecular formula is C14H16Cl2N6. The highest BCUT2D eigenvalue weighted by Gasteiger charge is 2.22. The van der Waals surface area contributed by atoms with Gasteiger partial charge in [-0.15, -0.1) is 20.4 Å². The van der Waals surface area contributed by atoms with E-state index in [1.165, 1.54) is 0 Å². The maximum Gasteiger partial charge on any atom is 0.154 e. The van der Waals surface area contributed by atoms with Crippen molar-refractivity contribution in [1.82, 2.24) is 20.4 Å². The van der Waals surface area contributed by atoms with E-state index in [4.69, 9.17) is 23.2 Å². The summed E-state index contributed by atoms with van der Waals surface area (Å²) in [4.78, 5) is 4.43. The predicted octanol–water partition coefficient (Wildman–Crippen LogP) is 2.52. The highest BCUT2D eigenvalue weighted by molar-refractivity contribution is 6.29. The van der Waals surface area contributed by atoms with Gasteiger partial charge in [-0.2, -0.15) is 0 Å². The van der Waals surface area contributed by atoms with Gasteiger partial charge in [0.2, 0.25) is 0 Å². The first-order chi connectivity index (χ1) is 10.5. The minimum absolute atomic E-state index is 0.423. The lowest BCUT2D eigenvalue weighted by Gasteiger charge is -2.36. The van der Waals surface area contributed by atoms with Crippen molar-refractivity contribution in [3.05, 3.63) is 33.6 Å². The third-order valence-corrected chi connectivity index (χ3v) is 4.11. The van der Waals surface area contributed by atoms with Gasteiger partial charge in [-0.1, -0.05) is 23.2 Å². The smallest absolute Gasteiger partial charge is 0.154 e. The van der Waals surface area contributed by atoms with Crippen LogP contribution in [0, 0.1) is 13.8 Å². The van der Waals surface area contributed by atoms with Gasteiger partial charge in [-0.3, -0.25) is 0 Å². The Balaban J connectivity index is 1.72. The number of hydrogen-bond acceptors (Lipinski definition) is 6. The van der Waals surface area contributed by atoms with E-state index >= 15 is 0 Å². The molecule has 0 amide bonds. The summed E-state index contributed by atoms with van der Waals surface area (Å²) in [5, 5.41) is 17.1. The summed E-state index contributed by atoms with van der Waals surface area (Å²) in [7, 11) is 0. The minimum Gasteiger partial charge on any atom is -0.351 e. The zero-order valence-electron chi connectivity index (χ0n) is 12.4. The third kappa shape index (κ3) is 3.08. The number of nitrogens with zero attached hydrogens (tertiary/aromatic N) is 6. The molecule has 22 heavy (non-hydrogen) atoms. The van der Waals surface area contributed by atoms with Gasteiger partial charge in [0.15, 0.2) is 21.9 Å². The van der Waals surface area contributed by atoms with E-state index in [1.54, 1.807) is 0 Å². The summed E-state index contributed by atoms with van der Waals surface area (Å²) >= 11 is 11.7. The number of aromatic nitrogens is 4. The molecule has 0 saturated carbocycles. The molecule has 0 aromatic carbocycles. The van der Waals surface area contributed by atoms with E-state index in [0.29, 0.717) is 10.3 Å². The van der Waals surface area contributed by atoms with Crippen molar-refractivity contribution in [2.75, 3.05) is 36.0 Å². The zero-order valence-corrected chi connectivity index (χ0v) is 13.9. The number of aryl methyl sites for hydroxylation is 2. The Bertz CT molecular complexity index is 626. The standard InChI is InChI=1S/C14H16Cl2N6/c1-9-7-11(15)17-19-13(9)21-3-5-22(6-4-21)14-10(2)8-12(16)18-20-14/h7-8H,3-6H2,1-2H3. The molecule has 0 N–H and O–H groups in total. The Hall–Kier alpha value is -1.66. The Morgan fingerprint density at radius 3 is 1.41 bits per heavy atom. The molecule has 1 aliphatic heterocycles. The Morgan fingerprint density at radius 1 is 0.727 bits per heavy atom. The predicted molar refractivity (Wildman–Crippen MR) is 88.0 cm³/mol. The summed E-state index contributed by atoms with van der Waals surface area (Å²) in [6.45, 7) is 7.39. The average molecular weight is 339 g/mol. The van der Waals surface area contributed by atoms with Gasteiger partial charge in [0.25, 0.3) is 0 Å². The fourth-order valence-corrected chi connectivity index (χ4v) is 3.05. The van der Waals surface area contributed by atoms with Crippen LogP contribution < -0.4 is 9.80 Å². The van der Waals surface area contributed by atoms with Gasteiger partial charge in [0, 0.05) is 26.2 Å². The topological polar surface area (TPSA) is 58.0 Å². The van der Waals surface area contributed by atoms with Crippen molar-refractivity contribution >= 4 is 34.8 Å². The van der Waals surface area contributed by atoms with E-state index in [2.05, 4.69) is 30.2 Å². The van der Waals surface area contributed by atoms with E-state index in [9.17, 15) is 0 Å².